The normalized spacial score (nSPS) is 12.9. The van der Waals surface area contributed by atoms with Crippen LogP contribution in [-0.4, -0.2) is 26.5 Å². The fourth-order valence-corrected chi connectivity index (χ4v) is 4.60. The maximum atomic E-state index is 15.4. The Morgan fingerprint density at radius 1 is 1.08 bits per heavy atom. The van der Waals surface area contributed by atoms with Crippen LogP contribution in [0.1, 0.15) is 66.7 Å². The monoisotopic (exact) mass is 507 g/mol. The molecular weight excluding hydrogens is 473 g/mol. The molecule has 2 N–H and O–H groups in total. The van der Waals surface area contributed by atoms with Gasteiger partial charge in [-0.05, 0) is 68.9 Å². The number of pyridine rings is 2. The molecule has 37 heavy (non-hydrogen) atoms. The largest absolute Gasteiger partial charge is 0.481 e. The molecule has 1 aromatic carbocycles. The van der Waals surface area contributed by atoms with Crippen LogP contribution in [0.5, 0.6) is 0 Å². The number of nitrogens with one attached hydrogen (secondary N) is 1. The Balaban J connectivity index is 2.09. The van der Waals surface area contributed by atoms with Gasteiger partial charge in [0.2, 0.25) is 5.91 Å². The fourth-order valence-electron chi connectivity index (χ4n) is 4.60. The third kappa shape index (κ3) is 6.50. The van der Waals surface area contributed by atoms with Crippen molar-refractivity contribution < 1.29 is 19.1 Å². The van der Waals surface area contributed by atoms with Crippen LogP contribution in [0.15, 0.2) is 47.4 Å². The number of carbonyl (C=O) groups excluding carboxylic acids is 1. The predicted octanol–water partition coefficient (Wildman–Crippen LogP) is 5.20. The first-order valence-electron chi connectivity index (χ1n) is 12.3. The summed E-state index contributed by atoms with van der Waals surface area (Å²) in [5.41, 5.74) is 3.80. The van der Waals surface area contributed by atoms with E-state index in [1.807, 2.05) is 45.9 Å². The van der Waals surface area contributed by atoms with Gasteiger partial charge in [-0.15, -0.1) is 0 Å². The molecular formula is C29H34FN3O4. The van der Waals surface area contributed by atoms with Crippen LogP contribution in [0.25, 0.3) is 11.3 Å². The molecule has 7 nitrogen and oxygen atoms in total. The van der Waals surface area contributed by atoms with Crippen molar-refractivity contribution in [1.82, 2.24) is 14.9 Å². The van der Waals surface area contributed by atoms with Gasteiger partial charge in [0.1, 0.15) is 11.9 Å². The minimum atomic E-state index is -1.19. The van der Waals surface area contributed by atoms with Crippen molar-refractivity contribution in [3.05, 3.63) is 86.7 Å². The van der Waals surface area contributed by atoms with Crippen molar-refractivity contribution in [3.8, 4) is 11.3 Å². The number of hydrogen-bond acceptors (Lipinski definition) is 4. The van der Waals surface area contributed by atoms with E-state index in [4.69, 9.17) is 0 Å². The highest BCUT2D eigenvalue weighted by atomic mass is 19.1. The lowest BCUT2D eigenvalue weighted by atomic mass is 9.95. The number of amides is 1. The number of carboxylic acid groups (broad SMARTS) is 1. The van der Waals surface area contributed by atoms with Crippen LogP contribution < -0.4 is 10.9 Å². The van der Waals surface area contributed by atoms with Crippen molar-refractivity contribution in [2.24, 2.45) is 5.92 Å². The lowest BCUT2D eigenvalue weighted by Gasteiger charge is -2.25. The topological polar surface area (TPSA) is 101 Å². The Morgan fingerprint density at radius 2 is 1.73 bits per heavy atom. The van der Waals surface area contributed by atoms with Gasteiger partial charge < -0.3 is 15.0 Å². The highest BCUT2D eigenvalue weighted by Gasteiger charge is 2.29. The standard InChI is InChI=1S/C29H34FN3O4/c1-16(2)12-24(33-11-10-17(3)13-25(33)34)29(37)32-22(15-26(35)36)21-14-23(31-20(6)28(21)30)27-18(4)8-7-9-19(27)5/h7-11,13-14,16,22,24H,12,15H2,1-6H3,(H,32,37)(H,35,36). The number of rotatable bonds is 9. The highest BCUT2D eigenvalue weighted by molar-refractivity contribution is 5.82. The summed E-state index contributed by atoms with van der Waals surface area (Å²) in [6.45, 7) is 11.0. The average molecular weight is 508 g/mol. The molecule has 0 bridgehead atoms. The molecule has 3 rings (SSSR count). The number of hydrogen-bond donors (Lipinski definition) is 2. The zero-order chi connectivity index (χ0) is 27.4. The first-order chi connectivity index (χ1) is 17.4. The molecule has 8 heteroatoms. The van der Waals surface area contributed by atoms with Crippen molar-refractivity contribution >= 4 is 11.9 Å². The number of aliphatic carboxylic acids is 1. The first-order valence-corrected chi connectivity index (χ1v) is 12.3. The molecule has 0 saturated heterocycles. The molecule has 2 heterocycles. The maximum absolute atomic E-state index is 15.4. The minimum Gasteiger partial charge on any atom is -0.481 e. The van der Waals surface area contributed by atoms with E-state index >= 15 is 4.39 Å². The Bertz CT molecular complexity index is 1360. The maximum Gasteiger partial charge on any atom is 0.305 e. The SMILES string of the molecule is Cc1ccn(C(CC(C)C)C(=O)NC(CC(=O)O)c2cc(-c3c(C)cccc3C)nc(C)c2F)c(=O)c1. The molecule has 0 aliphatic carbocycles. The van der Waals surface area contributed by atoms with Crippen LogP contribution in [0.3, 0.4) is 0 Å². The Labute approximate surface area is 216 Å². The number of aromatic nitrogens is 2. The van der Waals surface area contributed by atoms with Gasteiger partial charge in [0.05, 0.1) is 23.9 Å². The smallest absolute Gasteiger partial charge is 0.305 e. The summed E-state index contributed by atoms with van der Waals surface area (Å²) in [6, 6.07) is 8.42. The Hall–Kier alpha value is -3.81. The number of nitrogens with zero attached hydrogens (tertiary/aromatic N) is 2. The van der Waals surface area contributed by atoms with Crippen LogP contribution in [0, 0.1) is 39.4 Å². The van der Waals surface area contributed by atoms with E-state index in [9.17, 15) is 19.5 Å². The number of carboxylic acids is 1. The number of aryl methyl sites for hydroxylation is 4. The third-order valence-corrected chi connectivity index (χ3v) is 6.40. The predicted molar refractivity (Wildman–Crippen MR) is 141 cm³/mol. The zero-order valence-corrected chi connectivity index (χ0v) is 22.1. The van der Waals surface area contributed by atoms with Gasteiger partial charge in [0.25, 0.3) is 5.56 Å². The van der Waals surface area contributed by atoms with E-state index in [0.29, 0.717) is 12.1 Å². The summed E-state index contributed by atoms with van der Waals surface area (Å²) < 4.78 is 16.8. The quantitative estimate of drug-likeness (QED) is 0.414. The summed E-state index contributed by atoms with van der Waals surface area (Å²) in [7, 11) is 0. The Morgan fingerprint density at radius 3 is 2.30 bits per heavy atom. The molecule has 0 spiro atoms. The molecule has 3 aromatic rings. The van der Waals surface area contributed by atoms with E-state index in [0.717, 1.165) is 22.3 Å². The third-order valence-electron chi connectivity index (χ3n) is 6.40. The van der Waals surface area contributed by atoms with Gasteiger partial charge in [-0.25, -0.2) is 4.39 Å². The molecule has 2 unspecified atom stereocenters. The van der Waals surface area contributed by atoms with Crippen molar-refractivity contribution in [3.63, 3.8) is 0 Å². The zero-order valence-electron chi connectivity index (χ0n) is 22.1. The summed E-state index contributed by atoms with van der Waals surface area (Å²) in [5.74, 6) is -2.35. The van der Waals surface area contributed by atoms with Gasteiger partial charge in [0, 0.05) is 23.4 Å². The molecule has 0 aliphatic heterocycles. The van der Waals surface area contributed by atoms with Gasteiger partial charge in [0.15, 0.2) is 0 Å². The van der Waals surface area contributed by atoms with E-state index in [-0.39, 0.29) is 22.7 Å². The van der Waals surface area contributed by atoms with Crippen LogP contribution >= 0.6 is 0 Å². The minimum absolute atomic E-state index is 0.0421. The van der Waals surface area contributed by atoms with E-state index < -0.39 is 36.2 Å². The molecule has 2 atom stereocenters. The van der Waals surface area contributed by atoms with E-state index in [1.165, 1.54) is 23.6 Å². The van der Waals surface area contributed by atoms with Gasteiger partial charge in [-0.2, -0.15) is 0 Å². The van der Waals surface area contributed by atoms with E-state index in [1.54, 1.807) is 19.2 Å². The summed E-state index contributed by atoms with van der Waals surface area (Å²) >= 11 is 0. The van der Waals surface area contributed by atoms with Crippen LogP contribution in [-0.2, 0) is 9.59 Å². The summed E-state index contributed by atoms with van der Waals surface area (Å²) in [6.07, 6.45) is 1.38. The van der Waals surface area contributed by atoms with Gasteiger partial charge in [-0.3, -0.25) is 19.4 Å². The molecule has 0 aliphatic rings. The van der Waals surface area contributed by atoms with Crippen molar-refractivity contribution in [2.75, 3.05) is 0 Å². The second-order valence-corrected chi connectivity index (χ2v) is 10.0. The molecule has 196 valence electrons. The fraction of sp³-hybridized carbons (Fsp3) is 0.379. The Kier molecular flexibility index (Phi) is 8.63. The van der Waals surface area contributed by atoms with Crippen molar-refractivity contribution in [2.45, 2.75) is 66.5 Å². The first kappa shape index (κ1) is 27.8. The van der Waals surface area contributed by atoms with Gasteiger partial charge in [-0.1, -0.05) is 32.0 Å². The van der Waals surface area contributed by atoms with Gasteiger partial charge >= 0.3 is 5.97 Å². The van der Waals surface area contributed by atoms with Crippen LogP contribution in [0.2, 0.25) is 0 Å². The molecule has 0 saturated carbocycles. The lowest BCUT2D eigenvalue weighted by molar-refractivity contribution is -0.138. The lowest BCUT2D eigenvalue weighted by Crippen LogP contribution is -2.40. The summed E-state index contributed by atoms with van der Waals surface area (Å²) in [5, 5.41) is 12.4. The second-order valence-electron chi connectivity index (χ2n) is 10.0. The second kappa shape index (κ2) is 11.5. The van der Waals surface area contributed by atoms with Crippen LogP contribution in [0.4, 0.5) is 4.39 Å². The molecule has 0 radical (unpaired) electrons. The number of carbonyl (C=O) groups is 2. The molecule has 0 fully saturated rings. The average Bonchev–Trinajstić information content (AvgIpc) is 2.79. The molecule has 2 aromatic heterocycles. The number of benzene rings is 1. The molecule has 1 amide bonds. The van der Waals surface area contributed by atoms with E-state index in [2.05, 4.69) is 10.3 Å². The highest BCUT2D eigenvalue weighted by Crippen LogP contribution is 2.31. The van der Waals surface area contributed by atoms with Crippen molar-refractivity contribution in [1.29, 1.82) is 0 Å². The summed E-state index contributed by atoms with van der Waals surface area (Å²) in [4.78, 5) is 42.4. The number of halogens is 1.